The van der Waals surface area contributed by atoms with Crippen LogP contribution in [0, 0.1) is 5.82 Å². The first kappa shape index (κ1) is 24.1. The molecule has 0 aliphatic carbocycles. The monoisotopic (exact) mass is 512 g/mol. The molecule has 0 radical (unpaired) electrons. The molecule has 4 heterocycles. The zero-order valence-electron chi connectivity index (χ0n) is 21.0. The molecule has 1 saturated heterocycles. The van der Waals surface area contributed by atoms with Crippen LogP contribution < -0.4 is 10.1 Å². The van der Waals surface area contributed by atoms with Crippen LogP contribution in [-0.4, -0.2) is 43.6 Å². The predicted octanol–water partition coefficient (Wildman–Crippen LogP) is 5.26. The van der Waals surface area contributed by atoms with E-state index in [4.69, 9.17) is 14.1 Å². The minimum absolute atomic E-state index is 0.227. The third kappa shape index (κ3) is 5.68. The van der Waals surface area contributed by atoms with Gasteiger partial charge in [0.1, 0.15) is 23.9 Å². The zero-order chi connectivity index (χ0) is 25.7. The Labute approximate surface area is 220 Å². The van der Waals surface area contributed by atoms with Crippen LogP contribution in [-0.2, 0) is 19.7 Å². The first-order valence-corrected chi connectivity index (χ1v) is 12.9. The third-order valence-electron chi connectivity index (χ3n) is 6.81. The largest absolute Gasteiger partial charge is 0.461 e. The molecule has 0 spiro atoms. The number of para-hydroxylation sites is 2. The summed E-state index contributed by atoms with van der Waals surface area (Å²) >= 11 is 0. The van der Waals surface area contributed by atoms with Gasteiger partial charge in [-0.15, -0.1) is 0 Å². The Morgan fingerprint density at radius 1 is 0.895 bits per heavy atom. The van der Waals surface area contributed by atoms with E-state index in [0.717, 1.165) is 66.5 Å². The van der Waals surface area contributed by atoms with Crippen molar-refractivity contribution < 1.29 is 13.5 Å². The number of piperidine rings is 1. The highest BCUT2D eigenvalue weighted by Gasteiger charge is 2.22. The number of likely N-dealkylation sites (tertiary alicyclic amines) is 1. The van der Waals surface area contributed by atoms with Gasteiger partial charge in [0, 0.05) is 31.5 Å². The van der Waals surface area contributed by atoms with Gasteiger partial charge in [0.25, 0.3) is 0 Å². The number of halogens is 1. The first-order chi connectivity index (χ1) is 18.7. The highest BCUT2D eigenvalue weighted by Crippen LogP contribution is 2.24. The average molecular weight is 513 g/mol. The lowest BCUT2D eigenvalue weighted by molar-refractivity contribution is 0.189. The Balaban J connectivity index is 1.05. The second-order valence-electron chi connectivity index (χ2n) is 9.52. The van der Waals surface area contributed by atoms with Crippen molar-refractivity contribution in [2.24, 2.45) is 0 Å². The van der Waals surface area contributed by atoms with E-state index in [1.807, 2.05) is 42.5 Å². The highest BCUT2D eigenvalue weighted by atomic mass is 19.1. The second kappa shape index (κ2) is 11.0. The van der Waals surface area contributed by atoms with Gasteiger partial charge in [-0.25, -0.2) is 19.3 Å². The number of rotatable bonds is 9. The van der Waals surface area contributed by atoms with E-state index in [1.54, 1.807) is 18.5 Å². The maximum atomic E-state index is 13.4. The lowest BCUT2D eigenvalue weighted by Crippen LogP contribution is -2.39. The van der Waals surface area contributed by atoms with Gasteiger partial charge >= 0.3 is 6.01 Å². The summed E-state index contributed by atoms with van der Waals surface area (Å²) in [5.41, 5.74) is 3.05. The molecule has 38 heavy (non-hydrogen) atoms. The summed E-state index contributed by atoms with van der Waals surface area (Å²) in [5.74, 6) is 2.30. The van der Waals surface area contributed by atoms with Crippen LogP contribution in [0.5, 0.6) is 6.01 Å². The lowest BCUT2D eigenvalue weighted by Gasteiger charge is -2.32. The van der Waals surface area contributed by atoms with Gasteiger partial charge in [-0.2, -0.15) is 0 Å². The number of nitrogens with zero attached hydrogens (tertiary/aromatic N) is 5. The standard InChI is InChI=1S/C29H29FN6O2/c30-22-8-6-21(7-9-22)18-36-27-5-2-1-4-26(27)34-28(36)33-23-12-16-35(17-13-23)19-24-10-11-25(38-24)20-37-29-31-14-3-15-32-29/h1-11,14-15,23H,12-13,16-20H2,(H,33,34). The molecule has 1 N–H and O–H groups in total. The maximum absolute atomic E-state index is 13.4. The molecule has 6 rings (SSSR count). The zero-order valence-corrected chi connectivity index (χ0v) is 21.0. The Morgan fingerprint density at radius 3 is 2.47 bits per heavy atom. The molecule has 0 bridgehead atoms. The summed E-state index contributed by atoms with van der Waals surface area (Å²) in [4.78, 5) is 15.4. The molecular formula is C29H29FN6O2. The second-order valence-corrected chi connectivity index (χ2v) is 9.52. The van der Waals surface area contributed by atoms with Crippen molar-refractivity contribution in [3.05, 3.63) is 102 Å². The molecule has 3 aromatic heterocycles. The van der Waals surface area contributed by atoms with E-state index in [0.29, 0.717) is 25.2 Å². The fourth-order valence-electron chi connectivity index (χ4n) is 4.84. The molecule has 0 atom stereocenters. The lowest BCUT2D eigenvalue weighted by atomic mass is 10.1. The van der Waals surface area contributed by atoms with E-state index >= 15 is 0 Å². The molecule has 9 heteroatoms. The first-order valence-electron chi connectivity index (χ1n) is 12.9. The smallest absolute Gasteiger partial charge is 0.316 e. The van der Waals surface area contributed by atoms with E-state index < -0.39 is 0 Å². The van der Waals surface area contributed by atoms with Crippen molar-refractivity contribution in [1.82, 2.24) is 24.4 Å². The van der Waals surface area contributed by atoms with Crippen molar-refractivity contribution in [3.63, 3.8) is 0 Å². The van der Waals surface area contributed by atoms with Crippen molar-refractivity contribution in [2.75, 3.05) is 18.4 Å². The summed E-state index contributed by atoms with van der Waals surface area (Å²) < 4.78 is 27.2. The molecule has 8 nitrogen and oxygen atoms in total. The van der Waals surface area contributed by atoms with Gasteiger partial charge in [0.05, 0.1) is 24.1 Å². The Kier molecular flexibility index (Phi) is 6.99. The molecule has 1 aliphatic heterocycles. The topological polar surface area (TPSA) is 81.2 Å². The van der Waals surface area contributed by atoms with Gasteiger partial charge < -0.3 is 19.0 Å². The SMILES string of the molecule is Fc1ccc(Cn2c(NC3CCN(Cc4ccc(COc5ncccn5)o4)CC3)nc3ccccc32)cc1. The summed E-state index contributed by atoms with van der Waals surface area (Å²) in [7, 11) is 0. The molecule has 2 aromatic carbocycles. The van der Waals surface area contributed by atoms with Gasteiger partial charge in [-0.05, 0) is 60.9 Å². The van der Waals surface area contributed by atoms with Gasteiger partial charge in [0.15, 0.2) is 0 Å². The van der Waals surface area contributed by atoms with Crippen LogP contribution in [0.25, 0.3) is 11.0 Å². The predicted molar refractivity (Wildman–Crippen MR) is 142 cm³/mol. The van der Waals surface area contributed by atoms with Gasteiger partial charge in [-0.1, -0.05) is 24.3 Å². The summed E-state index contributed by atoms with van der Waals surface area (Å²) in [6.45, 7) is 3.61. The van der Waals surface area contributed by atoms with Crippen LogP contribution in [0.2, 0.25) is 0 Å². The van der Waals surface area contributed by atoms with E-state index in [2.05, 4.69) is 30.8 Å². The number of hydrogen-bond donors (Lipinski definition) is 1. The van der Waals surface area contributed by atoms with Crippen molar-refractivity contribution >= 4 is 17.0 Å². The molecule has 5 aromatic rings. The molecule has 1 fully saturated rings. The molecular weight excluding hydrogens is 483 g/mol. The fourth-order valence-corrected chi connectivity index (χ4v) is 4.84. The number of nitrogens with one attached hydrogen (secondary N) is 1. The summed E-state index contributed by atoms with van der Waals surface area (Å²) in [5, 5.41) is 3.69. The number of aromatic nitrogens is 4. The minimum atomic E-state index is -0.227. The van der Waals surface area contributed by atoms with Gasteiger partial charge in [-0.3, -0.25) is 4.90 Å². The number of benzene rings is 2. The van der Waals surface area contributed by atoms with E-state index in [1.165, 1.54) is 12.1 Å². The van der Waals surface area contributed by atoms with Crippen LogP contribution in [0.15, 0.2) is 83.5 Å². The molecule has 0 saturated carbocycles. The number of hydrogen-bond acceptors (Lipinski definition) is 7. The summed E-state index contributed by atoms with van der Waals surface area (Å²) in [6.07, 6.45) is 5.30. The molecule has 0 amide bonds. The van der Waals surface area contributed by atoms with Crippen molar-refractivity contribution in [3.8, 4) is 6.01 Å². The quantitative estimate of drug-likeness (QED) is 0.288. The normalized spacial score (nSPS) is 14.7. The maximum Gasteiger partial charge on any atom is 0.316 e. The van der Waals surface area contributed by atoms with Crippen molar-refractivity contribution in [1.29, 1.82) is 0 Å². The Morgan fingerprint density at radius 2 is 1.66 bits per heavy atom. The Bertz CT molecular complexity index is 1480. The van der Waals surface area contributed by atoms with Crippen molar-refractivity contribution in [2.45, 2.75) is 38.6 Å². The molecule has 194 valence electrons. The number of anilines is 1. The number of imidazole rings is 1. The van der Waals surface area contributed by atoms with Crippen LogP contribution in [0.4, 0.5) is 10.3 Å². The summed E-state index contributed by atoms with van der Waals surface area (Å²) in [6, 6.07) is 21.2. The third-order valence-corrected chi connectivity index (χ3v) is 6.81. The molecule has 1 aliphatic rings. The number of ether oxygens (including phenoxy) is 1. The van der Waals surface area contributed by atoms with Crippen LogP contribution >= 0.6 is 0 Å². The average Bonchev–Trinajstić information content (AvgIpc) is 3.54. The minimum Gasteiger partial charge on any atom is -0.461 e. The van der Waals surface area contributed by atoms with Gasteiger partial charge in [0.2, 0.25) is 5.95 Å². The van der Waals surface area contributed by atoms with Crippen LogP contribution in [0.3, 0.4) is 0 Å². The fraction of sp³-hybridized carbons (Fsp3) is 0.276. The number of fused-ring (bicyclic) bond motifs is 1. The van der Waals surface area contributed by atoms with E-state index in [9.17, 15) is 4.39 Å². The highest BCUT2D eigenvalue weighted by molar-refractivity contribution is 5.78. The number of furan rings is 1. The molecule has 0 unspecified atom stereocenters. The Hall–Kier alpha value is -4.24. The van der Waals surface area contributed by atoms with Crippen LogP contribution in [0.1, 0.15) is 29.9 Å². The van der Waals surface area contributed by atoms with E-state index in [-0.39, 0.29) is 5.82 Å².